The molecule has 0 aromatic carbocycles. The summed E-state index contributed by atoms with van der Waals surface area (Å²) in [5.41, 5.74) is -0.167. The minimum absolute atomic E-state index is 0.0121. The van der Waals surface area contributed by atoms with E-state index in [0.717, 1.165) is 4.88 Å². The SMILES string of the molecule is CC(C)C(NC(=O)Cn1ccccc1=O)c1cccs1. The molecule has 2 aromatic rings. The quantitative estimate of drug-likeness (QED) is 0.919. The van der Waals surface area contributed by atoms with Gasteiger partial charge >= 0.3 is 0 Å². The molecule has 5 heteroatoms. The monoisotopic (exact) mass is 290 g/mol. The fourth-order valence-electron chi connectivity index (χ4n) is 2.00. The first-order valence-corrected chi connectivity index (χ1v) is 7.44. The number of pyridine rings is 1. The summed E-state index contributed by atoms with van der Waals surface area (Å²) in [4.78, 5) is 24.8. The summed E-state index contributed by atoms with van der Waals surface area (Å²) >= 11 is 1.63. The number of amides is 1. The lowest BCUT2D eigenvalue weighted by Gasteiger charge is -2.21. The first-order valence-electron chi connectivity index (χ1n) is 6.56. The molecule has 1 N–H and O–H groups in total. The number of rotatable bonds is 5. The molecule has 1 atom stereocenters. The zero-order valence-corrected chi connectivity index (χ0v) is 12.4. The van der Waals surface area contributed by atoms with Crippen molar-refractivity contribution in [3.63, 3.8) is 0 Å². The first kappa shape index (κ1) is 14.5. The van der Waals surface area contributed by atoms with E-state index in [1.807, 2.05) is 17.5 Å². The molecule has 1 unspecified atom stereocenters. The average Bonchev–Trinajstić information content (AvgIpc) is 2.92. The topological polar surface area (TPSA) is 51.1 Å². The molecule has 1 amide bonds. The Morgan fingerprint density at radius 2 is 2.10 bits per heavy atom. The molecule has 0 saturated heterocycles. The predicted molar refractivity (Wildman–Crippen MR) is 80.7 cm³/mol. The molecule has 0 bridgehead atoms. The van der Waals surface area contributed by atoms with Crippen LogP contribution in [0.5, 0.6) is 0 Å². The van der Waals surface area contributed by atoms with Crippen LogP contribution in [0.3, 0.4) is 0 Å². The number of nitrogens with zero attached hydrogens (tertiary/aromatic N) is 1. The summed E-state index contributed by atoms with van der Waals surface area (Å²) in [6.45, 7) is 4.19. The van der Waals surface area contributed by atoms with Gasteiger partial charge in [-0.05, 0) is 23.4 Å². The summed E-state index contributed by atoms with van der Waals surface area (Å²) in [5.74, 6) is 0.149. The lowest BCUT2D eigenvalue weighted by atomic mass is 10.0. The van der Waals surface area contributed by atoms with Crippen molar-refractivity contribution in [3.05, 3.63) is 57.1 Å². The zero-order chi connectivity index (χ0) is 14.5. The van der Waals surface area contributed by atoms with Crippen molar-refractivity contribution in [2.24, 2.45) is 5.92 Å². The number of nitrogens with one attached hydrogen (secondary N) is 1. The highest BCUT2D eigenvalue weighted by atomic mass is 32.1. The van der Waals surface area contributed by atoms with Crippen LogP contribution in [0.15, 0.2) is 46.7 Å². The van der Waals surface area contributed by atoms with Crippen molar-refractivity contribution >= 4 is 17.2 Å². The molecule has 0 aliphatic rings. The first-order chi connectivity index (χ1) is 9.58. The van der Waals surface area contributed by atoms with Gasteiger partial charge in [-0.3, -0.25) is 9.59 Å². The van der Waals surface area contributed by atoms with Crippen LogP contribution in [-0.4, -0.2) is 10.5 Å². The van der Waals surface area contributed by atoms with E-state index in [1.54, 1.807) is 29.7 Å². The third kappa shape index (κ3) is 3.57. The maximum atomic E-state index is 12.1. The van der Waals surface area contributed by atoms with Crippen molar-refractivity contribution in [3.8, 4) is 0 Å². The summed E-state index contributed by atoms with van der Waals surface area (Å²) in [7, 11) is 0. The van der Waals surface area contributed by atoms with Crippen LogP contribution in [0.1, 0.15) is 24.8 Å². The van der Waals surface area contributed by atoms with Crippen LogP contribution in [0.2, 0.25) is 0 Å². The van der Waals surface area contributed by atoms with Crippen LogP contribution in [0.25, 0.3) is 0 Å². The van der Waals surface area contributed by atoms with E-state index >= 15 is 0 Å². The second kappa shape index (κ2) is 6.52. The smallest absolute Gasteiger partial charge is 0.250 e. The van der Waals surface area contributed by atoms with E-state index in [-0.39, 0.29) is 24.1 Å². The lowest BCUT2D eigenvalue weighted by Crippen LogP contribution is -2.36. The number of hydrogen-bond donors (Lipinski definition) is 1. The minimum atomic E-state index is -0.167. The summed E-state index contributed by atoms with van der Waals surface area (Å²) in [6.07, 6.45) is 1.62. The summed E-state index contributed by atoms with van der Waals surface area (Å²) in [5, 5.41) is 5.00. The van der Waals surface area contributed by atoms with Crippen LogP contribution >= 0.6 is 11.3 Å². The lowest BCUT2D eigenvalue weighted by molar-refractivity contribution is -0.122. The molecule has 0 saturated carbocycles. The molecular formula is C15H18N2O2S. The Balaban J connectivity index is 2.06. The summed E-state index contributed by atoms with van der Waals surface area (Å²) in [6, 6.07) is 8.84. The Morgan fingerprint density at radius 1 is 1.30 bits per heavy atom. The second-order valence-corrected chi connectivity index (χ2v) is 5.95. The molecule has 0 spiro atoms. The number of hydrogen-bond acceptors (Lipinski definition) is 3. The third-order valence-corrected chi connectivity index (χ3v) is 4.00. The minimum Gasteiger partial charge on any atom is -0.347 e. The van der Waals surface area contributed by atoms with Gasteiger partial charge in [0.05, 0.1) is 6.04 Å². The van der Waals surface area contributed by atoms with Gasteiger partial charge in [0.15, 0.2) is 0 Å². The van der Waals surface area contributed by atoms with Crippen LogP contribution in [-0.2, 0) is 11.3 Å². The standard InChI is InChI=1S/C15H18N2O2S/c1-11(2)15(12-6-5-9-20-12)16-13(18)10-17-8-4-3-7-14(17)19/h3-9,11,15H,10H2,1-2H3,(H,16,18). The largest absolute Gasteiger partial charge is 0.347 e. The molecule has 2 aromatic heterocycles. The maximum absolute atomic E-state index is 12.1. The highest BCUT2D eigenvalue weighted by Gasteiger charge is 2.19. The number of aromatic nitrogens is 1. The number of carbonyl (C=O) groups excluding carboxylic acids is 1. The molecule has 106 valence electrons. The second-order valence-electron chi connectivity index (χ2n) is 4.97. The molecular weight excluding hydrogens is 272 g/mol. The summed E-state index contributed by atoms with van der Waals surface area (Å²) < 4.78 is 1.40. The van der Waals surface area contributed by atoms with Gasteiger partial charge in [0.2, 0.25) is 5.91 Å². The van der Waals surface area contributed by atoms with E-state index in [4.69, 9.17) is 0 Å². The molecule has 4 nitrogen and oxygen atoms in total. The van der Waals surface area contributed by atoms with Crippen molar-refractivity contribution in [2.75, 3.05) is 0 Å². The van der Waals surface area contributed by atoms with Crippen LogP contribution in [0.4, 0.5) is 0 Å². The highest BCUT2D eigenvalue weighted by Crippen LogP contribution is 2.25. The van der Waals surface area contributed by atoms with Gasteiger partial charge in [-0.15, -0.1) is 11.3 Å². The van der Waals surface area contributed by atoms with E-state index in [1.165, 1.54) is 10.6 Å². The fraction of sp³-hybridized carbons (Fsp3) is 0.333. The Labute approximate surface area is 122 Å². The van der Waals surface area contributed by atoms with Gasteiger partial charge in [-0.1, -0.05) is 26.0 Å². The molecule has 20 heavy (non-hydrogen) atoms. The number of carbonyl (C=O) groups is 1. The van der Waals surface area contributed by atoms with Crippen LogP contribution < -0.4 is 10.9 Å². The maximum Gasteiger partial charge on any atom is 0.250 e. The fourth-order valence-corrected chi connectivity index (χ4v) is 2.95. The van der Waals surface area contributed by atoms with E-state index in [2.05, 4.69) is 19.2 Å². The van der Waals surface area contributed by atoms with Crippen molar-refractivity contribution in [2.45, 2.75) is 26.4 Å². The van der Waals surface area contributed by atoms with Gasteiger partial charge in [0.1, 0.15) is 6.54 Å². The van der Waals surface area contributed by atoms with E-state index in [9.17, 15) is 9.59 Å². The van der Waals surface area contributed by atoms with Gasteiger partial charge < -0.3 is 9.88 Å². The highest BCUT2D eigenvalue weighted by molar-refractivity contribution is 7.10. The molecule has 2 heterocycles. The van der Waals surface area contributed by atoms with Crippen molar-refractivity contribution in [1.29, 1.82) is 0 Å². The predicted octanol–water partition coefficient (Wildman–Crippen LogP) is 2.42. The van der Waals surface area contributed by atoms with Gasteiger partial charge in [0.25, 0.3) is 5.56 Å². The van der Waals surface area contributed by atoms with Gasteiger partial charge in [-0.2, -0.15) is 0 Å². The Morgan fingerprint density at radius 3 is 2.70 bits per heavy atom. The third-order valence-electron chi connectivity index (χ3n) is 3.05. The van der Waals surface area contributed by atoms with Crippen LogP contribution in [0, 0.1) is 5.92 Å². The number of thiophene rings is 1. The average molecular weight is 290 g/mol. The molecule has 0 aliphatic heterocycles. The Bertz CT molecular complexity index is 617. The van der Waals surface area contributed by atoms with E-state index in [0.29, 0.717) is 5.92 Å². The molecule has 0 radical (unpaired) electrons. The Hall–Kier alpha value is -1.88. The van der Waals surface area contributed by atoms with Crippen molar-refractivity contribution < 1.29 is 4.79 Å². The van der Waals surface area contributed by atoms with Gasteiger partial charge in [-0.25, -0.2) is 0 Å². The molecule has 2 rings (SSSR count). The zero-order valence-electron chi connectivity index (χ0n) is 11.6. The van der Waals surface area contributed by atoms with Crippen molar-refractivity contribution in [1.82, 2.24) is 9.88 Å². The van der Waals surface area contributed by atoms with Gasteiger partial charge in [0, 0.05) is 17.1 Å². The van der Waals surface area contributed by atoms with E-state index < -0.39 is 0 Å². The molecule has 0 aliphatic carbocycles. The molecule has 0 fully saturated rings. The Kier molecular flexibility index (Phi) is 4.74. The normalized spacial score (nSPS) is 12.3.